The molecule has 4 unspecified atom stereocenters. The lowest BCUT2D eigenvalue weighted by Crippen LogP contribution is -2.55. The fourth-order valence-corrected chi connectivity index (χ4v) is 7.27. The number of likely N-dealkylation sites (N-methyl/N-ethyl adjacent to an activating group) is 1. The lowest BCUT2D eigenvalue weighted by Gasteiger charge is -2.33. The second-order valence-corrected chi connectivity index (χ2v) is 15.1. The first-order chi connectivity index (χ1) is 29.4. The van der Waals surface area contributed by atoms with Gasteiger partial charge in [0.15, 0.2) is 0 Å². The number of benzene rings is 4. The molecule has 10 N–H and O–H groups in total. The molecule has 0 fully saturated rings. The maximum atomic E-state index is 14.8. The molecule has 4 aromatic carbocycles. The number of nitrogens with two attached hydrogens (primary N) is 3. The van der Waals surface area contributed by atoms with Crippen molar-refractivity contribution in [2.45, 2.75) is 63.2 Å². The zero-order valence-electron chi connectivity index (χ0n) is 34.3. The minimum atomic E-state index is -1.37. The molecule has 1 aliphatic heterocycles. The Bertz CT molecular complexity index is 2190. The van der Waals surface area contributed by atoms with Crippen molar-refractivity contribution < 1.29 is 38.6 Å². The highest BCUT2D eigenvalue weighted by Gasteiger charge is 2.36. The van der Waals surface area contributed by atoms with Gasteiger partial charge >= 0.3 is 5.97 Å². The van der Waals surface area contributed by atoms with E-state index in [1.165, 1.54) is 11.9 Å². The van der Waals surface area contributed by atoms with Gasteiger partial charge in [0.1, 0.15) is 48.9 Å². The molecule has 0 radical (unpaired) electrons. The van der Waals surface area contributed by atoms with E-state index < -0.39 is 53.8 Å². The summed E-state index contributed by atoms with van der Waals surface area (Å²) in [6.07, 6.45) is 1.29. The standard InChI is InChI=1S/C45H54ClN7O8/c1-3-35-42(55)52-37(45(58)59)24-27-10-16-38(60-21-19-48)33(23-27)34-26-30(13-17-39(34)61-22-20-49)40(43(56)50-35)53(2)44(57)36(9-4-5-18-47)51-41(54)31-8-6-7-29(25-31)28-11-14-32(46)15-12-28/h6-8,10-17,23,25-26,35-37,40H,3-5,9,18-22,24,47-49H2,1-2H3,(H,50,56)(H,51,54)(H,52,55)(H,58,59). The van der Waals surface area contributed by atoms with E-state index in [1.54, 1.807) is 73.7 Å². The molecule has 324 valence electrons. The number of carboxylic acid groups (broad SMARTS) is 1. The average Bonchev–Trinajstić information content (AvgIpc) is 3.26. The van der Waals surface area contributed by atoms with E-state index in [4.69, 9.17) is 38.3 Å². The van der Waals surface area contributed by atoms with Crippen molar-refractivity contribution in [3.05, 3.63) is 107 Å². The number of nitrogens with zero attached hydrogens (tertiary/aromatic N) is 1. The molecule has 0 aromatic heterocycles. The van der Waals surface area contributed by atoms with Crippen molar-refractivity contribution in [3.8, 4) is 33.8 Å². The largest absolute Gasteiger partial charge is 0.492 e. The van der Waals surface area contributed by atoms with Gasteiger partial charge in [-0.25, -0.2) is 4.79 Å². The van der Waals surface area contributed by atoms with Gasteiger partial charge in [0.05, 0.1) is 0 Å². The van der Waals surface area contributed by atoms with E-state index in [0.717, 1.165) is 11.1 Å². The number of ether oxygens (including phenoxy) is 2. The smallest absolute Gasteiger partial charge is 0.326 e. The van der Waals surface area contributed by atoms with E-state index in [-0.39, 0.29) is 45.6 Å². The maximum absolute atomic E-state index is 14.8. The first-order valence-corrected chi connectivity index (χ1v) is 20.7. The summed E-state index contributed by atoms with van der Waals surface area (Å²) in [4.78, 5) is 70.7. The minimum Gasteiger partial charge on any atom is -0.492 e. The predicted molar refractivity (Wildman–Crippen MR) is 233 cm³/mol. The van der Waals surface area contributed by atoms with Gasteiger partial charge in [-0.05, 0) is 103 Å². The Morgan fingerprint density at radius 3 is 2.15 bits per heavy atom. The topological polar surface area (TPSA) is 241 Å². The number of amides is 4. The predicted octanol–water partition coefficient (Wildman–Crippen LogP) is 3.80. The number of carbonyl (C=O) groups is 5. The van der Waals surface area contributed by atoms with E-state index in [2.05, 4.69) is 16.0 Å². The third kappa shape index (κ3) is 11.9. The summed E-state index contributed by atoms with van der Waals surface area (Å²) >= 11 is 6.10. The van der Waals surface area contributed by atoms with Crippen LogP contribution in [0.15, 0.2) is 84.9 Å². The van der Waals surface area contributed by atoms with Gasteiger partial charge in [-0.2, -0.15) is 0 Å². The SMILES string of the molecule is CCC1NC(=O)C(N(C)C(=O)C(CCCCN)NC(=O)c2cccc(-c3ccc(Cl)cc3)c2)c2ccc(OCCN)c(c2)-c2cc(ccc2OCCN)CC(C(=O)O)NC1=O. The van der Waals surface area contributed by atoms with Crippen LogP contribution in [0.5, 0.6) is 11.5 Å². The summed E-state index contributed by atoms with van der Waals surface area (Å²) in [5.74, 6) is -3.02. The second kappa shape index (κ2) is 22.0. The molecule has 4 amide bonds. The third-order valence-corrected chi connectivity index (χ3v) is 10.6. The van der Waals surface area contributed by atoms with Crippen molar-refractivity contribution in [2.75, 3.05) is 39.9 Å². The highest BCUT2D eigenvalue weighted by Crippen LogP contribution is 2.40. The lowest BCUT2D eigenvalue weighted by molar-refractivity contribution is -0.143. The number of nitrogens with one attached hydrogen (secondary N) is 3. The van der Waals surface area contributed by atoms with Crippen LogP contribution < -0.4 is 42.6 Å². The zero-order chi connectivity index (χ0) is 44.1. The quantitative estimate of drug-likeness (QED) is 0.0754. The molecule has 0 saturated heterocycles. The van der Waals surface area contributed by atoms with Gasteiger partial charge < -0.3 is 52.6 Å². The molecule has 5 rings (SSSR count). The Hall–Kier alpha value is -6.00. The molecule has 0 saturated carbocycles. The lowest BCUT2D eigenvalue weighted by atomic mass is 9.93. The third-order valence-electron chi connectivity index (χ3n) is 10.3. The van der Waals surface area contributed by atoms with E-state index in [9.17, 15) is 29.1 Å². The van der Waals surface area contributed by atoms with Crippen molar-refractivity contribution in [1.29, 1.82) is 0 Å². The molecule has 1 heterocycles. The normalized spacial score (nSPS) is 16.9. The summed E-state index contributed by atoms with van der Waals surface area (Å²) < 4.78 is 12.1. The van der Waals surface area contributed by atoms with Crippen LogP contribution in [-0.2, 0) is 25.6 Å². The van der Waals surface area contributed by atoms with Crippen LogP contribution in [0.4, 0.5) is 0 Å². The van der Waals surface area contributed by atoms with E-state index in [0.29, 0.717) is 63.7 Å². The Kier molecular flexibility index (Phi) is 16.6. The Morgan fingerprint density at radius 2 is 1.51 bits per heavy atom. The number of aliphatic carboxylic acids is 1. The molecule has 1 aliphatic rings. The van der Waals surface area contributed by atoms with Crippen LogP contribution in [0.3, 0.4) is 0 Å². The molecule has 16 heteroatoms. The minimum absolute atomic E-state index is 0.0865. The molecular formula is C45H54ClN7O8. The fraction of sp³-hybridized carbons (Fsp3) is 0.356. The number of rotatable bonds is 17. The Balaban J connectivity index is 1.61. The van der Waals surface area contributed by atoms with Crippen LogP contribution in [0, 0.1) is 0 Å². The number of carbonyl (C=O) groups excluding carboxylic acids is 4. The first kappa shape index (κ1) is 46.1. The molecular weight excluding hydrogens is 802 g/mol. The molecule has 4 bridgehead atoms. The number of hydrogen-bond acceptors (Lipinski definition) is 10. The molecule has 4 atom stereocenters. The number of halogens is 1. The first-order valence-electron chi connectivity index (χ1n) is 20.3. The van der Waals surface area contributed by atoms with Crippen LogP contribution in [-0.4, -0.2) is 97.6 Å². The average molecular weight is 856 g/mol. The summed E-state index contributed by atoms with van der Waals surface area (Å²) in [5.41, 5.74) is 21.2. The summed E-state index contributed by atoms with van der Waals surface area (Å²) in [7, 11) is 1.45. The van der Waals surface area contributed by atoms with E-state index in [1.807, 2.05) is 18.2 Å². The summed E-state index contributed by atoms with van der Waals surface area (Å²) in [6, 6.07) is 19.3. The van der Waals surface area contributed by atoms with E-state index >= 15 is 0 Å². The molecule has 4 aromatic rings. The number of hydrogen-bond donors (Lipinski definition) is 7. The van der Waals surface area contributed by atoms with Crippen molar-refractivity contribution in [1.82, 2.24) is 20.9 Å². The van der Waals surface area contributed by atoms with Gasteiger partial charge in [-0.3, -0.25) is 19.2 Å². The monoisotopic (exact) mass is 855 g/mol. The summed E-state index contributed by atoms with van der Waals surface area (Å²) in [5, 5.41) is 19.0. The van der Waals surface area contributed by atoms with Crippen LogP contribution >= 0.6 is 11.6 Å². The highest BCUT2D eigenvalue weighted by atomic mass is 35.5. The molecule has 0 spiro atoms. The molecule has 0 aliphatic carbocycles. The number of unbranched alkanes of at least 4 members (excludes halogenated alkanes) is 1. The van der Waals surface area contributed by atoms with Crippen LogP contribution in [0.2, 0.25) is 5.02 Å². The highest BCUT2D eigenvalue weighted by molar-refractivity contribution is 6.30. The van der Waals surface area contributed by atoms with Crippen molar-refractivity contribution >= 4 is 41.2 Å². The van der Waals surface area contributed by atoms with Gasteiger partial charge in [0.25, 0.3) is 5.91 Å². The van der Waals surface area contributed by atoms with Crippen LogP contribution in [0.1, 0.15) is 60.1 Å². The van der Waals surface area contributed by atoms with Gasteiger partial charge in [-0.1, -0.05) is 54.9 Å². The molecule has 61 heavy (non-hydrogen) atoms. The number of fused-ring (bicyclic) bond motifs is 5. The van der Waals surface area contributed by atoms with Crippen LogP contribution in [0.25, 0.3) is 22.3 Å². The van der Waals surface area contributed by atoms with Gasteiger partial charge in [0.2, 0.25) is 17.7 Å². The maximum Gasteiger partial charge on any atom is 0.326 e. The van der Waals surface area contributed by atoms with Gasteiger partial charge in [0, 0.05) is 48.3 Å². The molecule has 15 nitrogen and oxygen atoms in total. The van der Waals surface area contributed by atoms with Crippen molar-refractivity contribution in [3.63, 3.8) is 0 Å². The van der Waals surface area contributed by atoms with Crippen molar-refractivity contribution in [2.24, 2.45) is 17.2 Å². The summed E-state index contributed by atoms with van der Waals surface area (Å²) in [6.45, 7) is 2.73. The van der Waals surface area contributed by atoms with Gasteiger partial charge in [-0.15, -0.1) is 0 Å². The fourth-order valence-electron chi connectivity index (χ4n) is 7.14. The number of carboxylic acids is 1. The second-order valence-electron chi connectivity index (χ2n) is 14.7. The zero-order valence-corrected chi connectivity index (χ0v) is 35.1. The Morgan fingerprint density at radius 1 is 0.836 bits per heavy atom. The Labute approximate surface area is 360 Å².